The van der Waals surface area contributed by atoms with E-state index in [0.29, 0.717) is 0 Å². The van der Waals surface area contributed by atoms with Crippen molar-refractivity contribution < 1.29 is 0 Å². The van der Waals surface area contributed by atoms with E-state index in [-0.39, 0.29) is 0 Å². The minimum atomic E-state index is 1.07. The maximum absolute atomic E-state index is 4.98. The van der Waals surface area contributed by atoms with Crippen molar-refractivity contribution in [2.45, 2.75) is 46.0 Å². The molecular weight excluding hydrogens is 292 g/mol. The van der Waals surface area contributed by atoms with Crippen molar-refractivity contribution in [2.75, 3.05) is 0 Å². The van der Waals surface area contributed by atoms with Gasteiger partial charge in [0.2, 0.25) is 0 Å². The lowest BCUT2D eigenvalue weighted by Gasteiger charge is -2.08. The summed E-state index contributed by atoms with van der Waals surface area (Å²) < 4.78 is 2.29. The summed E-state index contributed by atoms with van der Waals surface area (Å²) in [4.78, 5) is 4.98. The highest BCUT2D eigenvalue weighted by atomic mass is 15.0. The number of rotatable bonds is 5. The highest BCUT2D eigenvalue weighted by Gasteiger charge is 2.11. The summed E-state index contributed by atoms with van der Waals surface area (Å²) in [6.07, 6.45) is 8.44. The third kappa shape index (κ3) is 2.56. The quantitative estimate of drug-likeness (QED) is 0.322. The monoisotopic (exact) mass is 316 g/mol. The smallest absolute Gasteiger partial charge is 0.145 e. The molecule has 2 aromatic heterocycles. The molecule has 0 atom stereocenters. The molecule has 0 aliphatic carbocycles. The molecule has 4 aromatic rings. The van der Waals surface area contributed by atoms with Gasteiger partial charge in [0, 0.05) is 17.0 Å². The van der Waals surface area contributed by atoms with Crippen LogP contribution in [0.1, 0.15) is 43.9 Å². The van der Waals surface area contributed by atoms with Gasteiger partial charge in [0.15, 0.2) is 0 Å². The molecule has 0 fully saturated rings. The van der Waals surface area contributed by atoms with Gasteiger partial charge in [-0.15, -0.1) is 0 Å². The van der Waals surface area contributed by atoms with Gasteiger partial charge in [0.1, 0.15) is 5.65 Å². The average Bonchev–Trinajstić information content (AvgIpc) is 3.03. The third-order valence-corrected chi connectivity index (χ3v) is 4.91. The zero-order valence-electron chi connectivity index (χ0n) is 14.5. The Balaban J connectivity index is 1.91. The molecule has 0 radical (unpaired) electrons. The second-order valence-electron chi connectivity index (χ2n) is 6.80. The van der Waals surface area contributed by atoms with E-state index in [1.165, 1.54) is 58.6 Å². The SMILES string of the molecule is CCCCCCc1cn2c3cc(C)ccc3c3ccccc3c2n1. The van der Waals surface area contributed by atoms with Gasteiger partial charge in [-0.1, -0.05) is 62.6 Å². The van der Waals surface area contributed by atoms with E-state index in [1.54, 1.807) is 0 Å². The van der Waals surface area contributed by atoms with Crippen LogP contribution in [0.2, 0.25) is 0 Å². The fraction of sp³-hybridized carbons (Fsp3) is 0.318. The Morgan fingerprint density at radius 2 is 1.75 bits per heavy atom. The van der Waals surface area contributed by atoms with Crippen LogP contribution in [0.4, 0.5) is 0 Å². The molecule has 0 bridgehead atoms. The molecule has 24 heavy (non-hydrogen) atoms. The molecule has 2 heteroatoms. The summed E-state index contributed by atoms with van der Waals surface area (Å²) in [6, 6.07) is 15.3. The second-order valence-corrected chi connectivity index (χ2v) is 6.80. The zero-order valence-corrected chi connectivity index (χ0v) is 14.5. The first kappa shape index (κ1) is 15.2. The number of pyridine rings is 1. The predicted molar refractivity (Wildman–Crippen MR) is 103 cm³/mol. The van der Waals surface area contributed by atoms with E-state index in [0.717, 1.165) is 12.1 Å². The van der Waals surface area contributed by atoms with E-state index in [9.17, 15) is 0 Å². The van der Waals surface area contributed by atoms with Gasteiger partial charge < -0.3 is 0 Å². The summed E-state index contributed by atoms with van der Waals surface area (Å²) in [6.45, 7) is 4.41. The van der Waals surface area contributed by atoms with E-state index in [1.807, 2.05) is 0 Å². The third-order valence-electron chi connectivity index (χ3n) is 4.91. The number of nitrogens with zero attached hydrogens (tertiary/aromatic N) is 2. The van der Waals surface area contributed by atoms with Gasteiger partial charge in [-0.25, -0.2) is 4.98 Å². The van der Waals surface area contributed by atoms with Crippen LogP contribution in [0, 0.1) is 6.92 Å². The molecule has 0 N–H and O–H groups in total. The Labute approximate surface area is 143 Å². The number of unbranched alkanes of at least 4 members (excludes halogenated alkanes) is 3. The van der Waals surface area contributed by atoms with Crippen molar-refractivity contribution in [1.29, 1.82) is 0 Å². The molecule has 0 unspecified atom stereocenters. The summed E-state index contributed by atoms with van der Waals surface area (Å²) in [5, 5.41) is 3.84. The van der Waals surface area contributed by atoms with Crippen molar-refractivity contribution in [2.24, 2.45) is 0 Å². The Morgan fingerprint density at radius 1 is 0.917 bits per heavy atom. The maximum atomic E-state index is 4.98. The molecule has 0 saturated carbocycles. The topological polar surface area (TPSA) is 17.3 Å². The van der Waals surface area contributed by atoms with Gasteiger partial charge in [-0.2, -0.15) is 0 Å². The number of hydrogen-bond donors (Lipinski definition) is 0. The normalized spacial score (nSPS) is 11.8. The van der Waals surface area contributed by atoms with Gasteiger partial charge in [-0.3, -0.25) is 4.40 Å². The van der Waals surface area contributed by atoms with Crippen LogP contribution in [0.25, 0.3) is 27.3 Å². The maximum Gasteiger partial charge on any atom is 0.145 e. The second kappa shape index (κ2) is 6.27. The van der Waals surface area contributed by atoms with Crippen molar-refractivity contribution >= 4 is 27.3 Å². The minimum absolute atomic E-state index is 1.07. The Morgan fingerprint density at radius 3 is 2.58 bits per heavy atom. The predicted octanol–water partition coefficient (Wildman–Crippen LogP) is 6.07. The van der Waals surface area contributed by atoms with Crippen molar-refractivity contribution in [1.82, 2.24) is 9.38 Å². The molecule has 4 rings (SSSR count). The number of benzene rings is 2. The molecule has 0 aliphatic heterocycles. The first-order chi connectivity index (χ1) is 11.8. The van der Waals surface area contributed by atoms with Crippen LogP contribution in [-0.2, 0) is 6.42 Å². The van der Waals surface area contributed by atoms with Gasteiger partial charge in [0.25, 0.3) is 0 Å². The van der Waals surface area contributed by atoms with Crippen LogP contribution >= 0.6 is 0 Å². The molecule has 0 amide bonds. The molecule has 2 nitrogen and oxygen atoms in total. The van der Waals surface area contributed by atoms with Crippen molar-refractivity contribution in [3.63, 3.8) is 0 Å². The average molecular weight is 316 g/mol. The lowest BCUT2D eigenvalue weighted by molar-refractivity contribution is 0.662. The minimum Gasteiger partial charge on any atom is -0.299 e. The van der Waals surface area contributed by atoms with Gasteiger partial charge in [0.05, 0.1) is 11.2 Å². The van der Waals surface area contributed by atoms with E-state index in [2.05, 4.69) is 66.9 Å². The van der Waals surface area contributed by atoms with Crippen LogP contribution in [0.15, 0.2) is 48.7 Å². The number of fused-ring (bicyclic) bond motifs is 6. The summed E-state index contributed by atoms with van der Waals surface area (Å²) in [5.41, 5.74) is 4.85. The standard InChI is InChI=1S/C22H24N2/c1-3-4-5-6-9-17-15-24-21-14-16(2)12-13-19(21)18-10-7-8-11-20(18)22(24)23-17/h7-8,10-15H,3-6,9H2,1-2H3. The Hall–Kier alpha value is -2.35. The lowest BCUT2D eigenvalue weighted by Crippen LogP contribution is -1.90. The van der Waals surface area contributed by atoms with Crippen LogP contribution in [0.5, 0.6) is 0 Å². The molecule has 0 spiro atoms. The zero-order chi connectivity index (χ0) is 16.5. The molecular formula is C22H24N2. The first-order valence-electron chi connectivity index (χ1n) is 9.07. The largest absolute Gasteiger partial charge is 0.299 e. The summed E-state index contributed by atoms with van der Waals surface area (Å²) >= 11 is 0. The van der Waals surface area contributed by atoms with E-state index >= 15 is 0 Å². The fourth-order valence-corrected chi connectivity index (χ4v) is 3.64. The summed E-state index contributed by atoms with van der Waals surface area (Å²) in [5.74, 6) is 0. The van der Waals surface area contributed by atoms with E-state index < -0.39 is 0 Å². The lowest BCUT2D eigenvalue weighted by atomic mass is 10.0. The van der Waals surface area contributed by atoms with Crippen LogP contribution in [-0.4, -0.2) is 9.38 Å². The molecule has 2 aromatic carbocycles. The fourth-order valence-electron chi connectivity index (χ4n) is 3.64. The number of imidazole rings is 1. The highest BCUT2D eigenvalue weighted by Crippen LogP contribution is 2.30. The molecule has 122 valence electrons. The van der Waals surface area contributed by atoms with Crippen molar-refractivity contribution in [3.8, 4) is 0 Å². The first-order valence-corrected chi connectivity index (χ1v) is 9.07. The molecule has 2 heterocycles. The van der Waals surface area contributed by atoms with Gasteiger partial charge in [-0.05, 0) is 36.8 Å². The summed E-state index contributed by atoms with van der Waals surface area (Å²) in [7, 11) is 0. The highest BCUT2D eigenvalue weighted by molar-refractivity contribution is 6.11. The number of hydrogen-bond acceptors (Lipinski definition) is 1. The number of aromatic nitrogens is 2. The molecule has 0 aliphatic rings. The Kier molecular flexibility index (Phi) is 3.97. The van der Waals surface area contributed by atoms with E-state index in [4.69, 9.17) is 4.98 Å². The Bertz CT molecular complexity index is 1010. The van der Waals surface area contributed by atoms with Crippen molar-refractivity contribution in [3.05, 3.63) is 59.9 Å². The van der Waals surface area contributed by atoms with Gasteiger partial charge >= 0.3 is 0 Å². The van der Waals surface area contributed by atoms with Crippen LogP contribution in [0.3, 0.4) is 0 Å². The molecule has 0 saturated heterocycles. The number of aryl methyl sites for hydroxylation is 2. The van der Waals surface area contributed by atoms with Crippen LogP contribution < -0.4 is 0 Å².